The van der Waals surface area contributed by atoms with Crippen LogP contribution in [0.4, 0.5) is 0 Å². The van der Waals surface area contributed by atoms with Crippen LogP contribution in [0, 0.1) is 0 Å². The van der Waals surface area contributed by atoms with Crippen LogP contribution in [0.5, 0.6) is 0 Å². The Morgan fingerprint density at radius 3 is 2.79 bits per heavy atom. The summed E-state index contributed by atoms with van der Waals surface area (Å²) in [6.45, 7) is 0. The van der Waals surface area contributed by atoms with Gasteiger partial charge in [-0.15, -0.1) is 11.8 Å². The van der Waals surface area contributed by atoms with Crippen molar-refractivity contribution < 1.29 is 4.79 Å². The second kappa shape index (κ2) is 5.50. The van der Waals surface area contributed by atoms with E-state index < -0.39 is 0 Å². The Labute approximate surface area is 88.4 Å². The van der Waals surface area contributed by atoms with Crippen molar-refractivity contribution in [1.82, 2.24) is 5.32 Å². The standard InChI is InChI=1S/C11H13NOS/c1-12-11(13)8-7-9-5-3-4-6-10(9)14-2/h3-8H,1-2H3,(H,12,13)/b8-7+. The lowest BCUT2D eigenvalue weighted by atomic mass is 10.2. The van der Waals surface area contributed by atoms with Crippen LogP contribution < -0.4 is 5.32 Å². The molecule has 2 nitrogen and oxygen atoms in total. The first-order chi connectivity index (χ1) is 6.77. The van der Waals surface area contributed by atoms with E-state index in [0.29, 0.717) is 0 Å². The lowest BCUT2D eigenvalue weighted by Gasteiger charge is -2.00. The number of benzene rings is 1. The third kappa shape index (κ3) is 2.92. The molecule has 0 heterocycles. The van der Waals surface area contributed by atoms with Crippen molar-refractivity contribution in [2.75, 3.05) is 13.3 Å². The van der Waals surface area contributed by atoms with Gasteiger partial charge < -0.3 is 5.32 Å². The molecular formula is C11H13NOS. The fourth-order valence-electron chi connectivity index (χ4n) is 1.05. The van der Waals surface area contributed by atoms with E-state index >= 15 is 0 Å². The molecule has 0 spiro atoms. The van der Waals surface area contributed by atoms with Gasteiger partial charge in [0.05, 0.1) is 0 Å². The zero-order valence-electron chi connectivity index (χ0n) is 8.28. The number of carbonyl (C=O) groups excluding carboxylic acids is 1. The molecule has 0 radical (unpaired) electrons. The predicted molar refractivity (Wildman–Crippen MR) is 61.3 cm³/mol. The number of thioether (sulfide) groups is 1. The van der Waals surface area contributed by atoms with Crippen LogP contribution in [0.1, 0.15) is 5.56 Å². The summed E-state index contributed by atoms with van der Waals surface area (Å²) in [5, 5.41) is 2.54. The largest absolute Gasteiger partial charge is 0.356 e. The highest BCUT2D eigenvalue weighted by molar-refractivity contribution is 7.98. The fourth-order valence-corrected chi connectivity index (χ4v) is 1.64. The van der Waals surface area contributed by atoms with Gasteiger partial charge in [-0.05, 0) is 24.0 Å². The van der Waals surface area contributed by atoms with Crippen LogP contribution in [0.25, 0.3) is 6.08 Å². The Hall–Kier alpha value is -1.22. The van der Waals surface area contributed by atoms with Crippen molar-refractivity contribution in [1.29, 1.82) is 0 Å². The lowest BCUT2D eigenvalue weighted by molar-refractivity contribution is -0.115. The van der Waals surface area contributed by atoms with Crippen molar-refractivity contribution in [3.05, 3.63) is 35.9 Å². The van der Waals surface area contributed by atoms with E-state index in [1.165, 1.54) is 11.0 Å². The highest BCUT2D eigenvalue weighted by Crippen LogP contribution is 2.20. The van der Waals surface area contributed by atoms with Gasteiger partial charge in [-0.1, -0.05) is 18.2 Å². The average molecular weight is 207 g/mol. The van der Waals surface area contributed by atoms with Gasteiger partial charge in [0.25, 0.3) is 0 Å². The zero-order chi connectivity index (χ0) is 10.4. The first-order valence-corrected chi connectivity index (χ1v) is 5.53. The smallest absolute Gasteiger partial charge is 0.243 e. The monoisotopic (exact) mass is 207 g/mol. The van der Waals surface area contributed by atoms with Gasteiger partial charge >= 0.3 is 0 Å². The number of hydrogen-bond acceptors (Lipinski definition) is 2. The van der Waals surface area contributed by atoms with E-state index in [4.69, 9.17) is 0 Å². The molecule has 1 rings (SSSR count). The first-order valence-electron chi connectivity index (χ1n) is 4.30. The van der Waals surface area contributed by atoms with E-state index in [9.17, 15) is 4.79 Å². The lowest BCUT2D eigenvalue weighted by Crippen LogP contribution is -2.13. The summed E-state index contributed by atoms with van der Waals surface area (Å²) < 4.78 is 0. The summed E-state index contributed by atoms with van der Waals surface area (Å²) in [6.07, 6.45) is 5.38. The van der Waals surface area contributed by atoms with Gasteiger partial charge in [0.2, 0.25) is 5.91 Å². The molecule has 0 fully saturated rings. The first kappa shape index (κ1) is 10.9. The molecule has 3 heteroatoms. The Kier molecular flexibility index (Phi) is 4.26. The fraction of sp³-hybridized carbons (Fsp3) is 0.182. The maximum atomic E-state index is 11.0. The topological polar surface area (TPSA) is 29.1 Å². The van der Waals surface area contributed by atoms with Crippen molar-refractivity contribution in [2.45, 2.75) is 4.90 Å². The SMILES string of the molecule is CNC(=O)/C=C/c1ccccc1SC. The summed E-state index contributed by atoms with van der Waals surface area (Å²) >= 11 is 1.67. The van der Waals surface area contributed by atoms with Crippen LogP contribution in [0.3, 0.4) is 0 Å². The number of carbonyl (C=O) groups is 1. The number of likely N-dealkylation sites (N-methyl/N-ethyl adjacent to an activating group) is 1. The normalized spacial score (nSPS) is 10.4. The second-order valence-corrected chi connectivity index (χ2v) is 3.54. The molecule has 14 heavy (non-hydrogen) atoms. The van der Waals surface area contributed by atoms with E-state index in [-0.39, 0.29) is 5.91 Å². The van der Waals surface area contributed by atoms with Crippen LogP contribution in [-0.2, 0) is 4.79 Å². The van der Waals surface area contributed by atoms with Gasteiger partial charge in [-0.25, -0.2) is 0 Å². The van der Waals surface area contributed by atoms with E-state index in [0.717, 1.165) is 5.56 Å². The Morgan fingerprint density at radius 2 is 2.14 bits per heavy atom. The molecule has 0 saturated heterocycles. The zero-order valence-corrected chi connectivity index (χ0v) is 9.10. The summed E-state index contributed by atoms with van der Waals surface area (Å²) in [6, 6.07) is 7.98. The maximum Gasteiger partial charge on any atom is 0.243 e. The third-order valence-electron chi connectivity index (χ3n) is 1.80. The van der Waals surface area contributed by atoms with Gasteiger partial charge in [0, 0.05) is 18.0 Å². The van der Waals surface area contributed by atoms with Gasteiger partial charge in [-0.3, -0.25) is 4.79 Å². The number of amides is 1. The highest BCUT2D eigenvalue weighted by atomic mass is 32.2. The molecule has 0 aliphatic carbocycles. The molecule has 1 N–H and O–H groups in total. The van der Waals surface area contributed by atoms with Crippen LogP contribution in [0.15, 0.2) is 35.2 Å². The molecule has 0 bridgehead atoms. The minimum Gasteiger partial charge on any atom is -0.356 e. The molecule has 0 unspecified atom stereocenters. The Morgan fingerprint density at radius 1 is 1.43 bits per heavy atom. The van der Waals surface area contributed by atoms with Crippen LogP contribution >= 0.6 is 11.8 Å². The third-order valence-corrected chi connectivity index (χ3v) is 2.61. The highest BCUT2D eigenvalue weighted by Gasteiger charge is 1.96. The van der Waals surface area contributed by atoms with Crippen LogP contribution in [0.2, 0.25) is 0 Å². The van der Waals surface area contributed by atoms with E-state index in [2.05, 4.69) is 5.32 Å². The second-order valence-electron chi connectivity index (χ2n) is 2.69. The molecule has 1 aromatic rings. The van der Waals surface area contributed by atoms with Gasteiger partial charge in [-0.2, -0.15) is 0 Å². The quantitative estimate of drug-likeness (QED) is 0.608. The molecule has 0 atom stereocenters. The minimum absolute atomic E-state index is 0.0825. The molecule has 0 aromatic heterocycles. The summed E-state index contributed by atoms with van der Waals surface area (Å²) in [5.41, 5.74) is 1.07. The minimum atomic E-state index is -0.0825. The molecule has 74 valence electrons. The average Bonchev–Trinajstić information content (AvgIpc) is 2.26. The van der Waals surface area contributed by atoms with Crippen molar-refractivity contribution >= 4 is 23.7 Å². The number of rotatable bonds is 3. The molecule has 1 aromatic carbocycles. The maximum absolute atomic E-state index is 11.0. The Bertz CT molecular complexity index is 347. The molecule has 0 aliphatic rings. The summed E-state index contributed by atoms with van der Waals surface area (Å²) in [5.74, 6) is -0.0825. The van der Waals surface area contributed by atoms with Gasteiger partial charge in [0.1, 0.15) is 0 Å². The molecular weight excluding hydrogens is 194 g/mol. The van der Waals surface area contributed by atoms with E-state index in [1.807, 2.05) is 36.6 Å². The molecule has 1 amide bonds. The summed E-state index contributed by atoms with van der Waals surface area (Å²) in [7, 11) is 1.62. The van der Waals surface area contributed by atoms with Crippen LogP contribution in [-0.4, -0.2) is 19.2 Å². The van der Waals surface area contributed by atoms with Crippen molar-refractivity contribution in [3.63, 3.8) is 0 Å². The number of hydrogen-bond donors (Lipinski definition) is 1. The molecule has 0 saturated carbocycles. The number of nitrogens with one attached hydrogen (secondary N) is 1. The van der Waals surface area contributed by atoms with E-state index in [1.54, 1.807) is 18.8 Å². The predicted octanol–water partition coefficient (Wildman–Crippen LogP) is 2.17. The van der Waals surface area contributed by atoms with Crippen molar-refractivity contribution in [2.24, 2.45) is 0 Å². The molecule has 0 aliphatic heterocycles. The van der Waals surface area contributed by atoms with Gasteiger partial charge in [0.15, 0.2) is 0 Å². The Balaban J connectivity index is 2.85. The summed E-state index contributed by atoms with van der Waals surface area (Å²) in [4.78, 5) is 12.2. The van der Waals surface area contributed by atoms with Crippen molar-refractivity contribution in [3.8, 4) is 0 Å².